The van der Waals surface area contributed by atoms with E-state index in [1.165, 1.54) is 17.9 Å². The Morgan fingerprint density at radius 3 is 2.64 bits per heavy atom. The van der Waals surface area contributed by atoms with Crippen molar-refractivity contribution in [1.82, 2.24) is 9.78 Å². The van der Waals surface area contributed by atoms with Gasteiger partial charge in [-0.15, -0.1) is 0 Å². The summed E-state index contributed by atoms with van der Waals surface area (Å²) >= 11 is 12.4. The zero-order chi connectivity index (χ0) is 20.1. The minimum atomic E-state index is -4.48. The summed E-state index contributed by atoms with van der Waals surface area (Å²) in [7, 11) is 1.53. The van der Waals surface area contributed by atoms with E-state index in [1.54, 1.807) is 18.2 Å². The number of ether oxygens (including phenoxy) is 1. The highest BCUT2D eigenvalue weighted by Crippen LogP contribution is 2.41. The molecule has 0 fully saturated rings. The maximum atomic E-state index is 13.2. The van der Waals surface area contributed by atoms with E-state index in [1.807, 2.05) is 0 Å². The van der Waals surface area contributed by atoms with Crippen molar-refractivity contribution in [3.05, 3.63) is 57.6 Å². The molecule has 1 aliphatic heterocycles. The van der Waals surface area contributed by atoms with Gasteiger partial charge in [0.1, 0.15) is 17.3 Å². The Morgan fingerprint density at radius 2 is 1.93 bits per heavy atom. The number of alkyl halides is 3. The smallest absolute Gasteiger partial charge is 0.416 e. The number of nitrogens with one attached hydrogen (secondary N) is 1. The van der Waals surface area contributed by atoms with E-state index in [9.17, 15) is 13.2 Å². The van der Waals surface area contributed by atoms with Crippen LogP contribution in [0.2, 0.25) is 10.0 Å². The zero-order valence-electron chi connectivity index (χ0n) is 14.6. The van der Waals surface area contributed by atoms with Crippen molar-refractivity contribution in [1.29, 1.82) is 0 Å². The minimum Gasteiger partial charge on any atom is -0.496 e. The summed E-state index contributed by atoms with van der Waals surface area (Å²) in [5.41, 5.74) is 1.48. The molecule has 4 nitrogen and oxygen atoms in total. The lowest BCUT2D eigenvalue weighted by Crippen LogP contribution is -2.09. The van der Waals surface area contributed by atoms with E-state index >= 15 is 0 Å². The fraction of sp³-hybridized carbons (Fsp3) is 0.211. The van der Waals surface area contributed by atoms with Crippen molar-refractivity contribution in [2.45, 2.75) is 12.6 Å². The van der Waals surface area contributed by atoms with Gasteiger partial charge in [-0.2, -0.15) is 18.3 Å². The van der Waals surface area contributed by atoms with E-state index < -0.39 is 11.7 Å². The molecule has 0 saturated heterocycles. The molecular formula is C19H14Cl2F3N3O. The van der Waals surface area contributed by atoms with Crippen molar-refractivity contribution >= 4 is 29.0 Å². The molecule has 0 spiro atoms. The molecule has 0 saturated carbocycles. The van der Waals surface area contributed by atoms with Gasteiger partial charge in [0.25, 0.3) is 0 Å². The van der Waals surface area contributed by atoms with Crippen molar-refractivity contribution in [2.24, 2.45) is 0 Å². The number of hydrogen-bond acceptors (Lipinski definition) is 3. The average molecular weight is 428 g/mol. The first-order chi connectivity index (χ1) is 13.3. The largest absolute Gasteiger partial charge is 0.496 e. The molecule has 1 aromatic heterocycles. The first kappa shape index (κ1) is 19.0. The van der Waals surface area contributed by atoms with Crippen molar-refractivity contribution in [3.63, 3.8) is 0 Å². The SMILES string of the molecule is COc1ccc(Cl)cc1-c1nn(-c2cc(C(F)(F)F)ccc2Cl)c2c1CCN2. The van der Waals surface area contributed by atoms with Gasteiger partial charge in [0.2, 0.25) is 0 Å². The molecule has 0 atom stereocenters. The molecule has 2 heterocycles. The normalized spacial score (nSPS) is 13.4. The third-order valence-corrected chi connectivity index (χ3v) is 5.12. The third kappa shape index (κ3) is 3.18. The van der Waals surface area contributed by atoms with Crippen LogP contribution in [-0.4, -0.2) is 23.4 Å². The highest BCUT2D eigenvalue weighted by Gasteiger charge is 2.32. The molecular weight excluding hydrogens is 414 g/mol. The second-order valence-electron chi connectivity index (χ2n) is 6.27. The maximum Gasteiger partial charge on any atom is 0.416 e. The Hall–Kier alpha value is -2.38. The molecule has 0 aliphatic carbocycles. The summed E-state index contributed by atoms with van der Waals surface area (Å²) in [6, 6.07) is 8.31. The number of hydrogen-bond donors (Lipinski definition) is 1. The quantitative estimate of drug-likeness (QED) is 0.570. The van der Waals surface area contributed by atoms with Crippen LogP contribution in [0.5, 0.6) is 5.75 Å². The lowest BCUT2D eigenvalue weighted by molar-refractivity contribution is -0.137. The molecule has 9 heteroatoms. The first-order valence-electron chi connectivity index (χ1n) is 8.36. The van der Waals surface area contributed by atoms with Gasteiger partial charge < -0.3 is 10.1 Å². The van der Waals surface area contributed by atoms with Crippen LogP contribution >= 0.6 is 23.2 Å². The molecule has 0 amide bonds. The third-order valence-electron chi connectivity index (χ3n) is 4.57. The average Bonchev–Trinajstić information content (AvgIpc) is 3.24. The minimum absolute atomic E-state index is 0.148. The lowest BCUT2D eigenvalue weighted by atomic mass is 10.1. The van der Waals surface area contributed by atoms with Crippen LogP contribution < -0.4 is 10.1 Å². The second kappa shape index (κ2) is 6.90. The lowest BCUT2D eigenvalue weighted by Gasteiger charge is -2.12. The molecule has 4 rings (SSSR count). The number of benzene rings is 2. The zero-order valence-corrected chi connectivity index (χ0v) is 16.1. The predicted molar refractivity (Wildman–Crippen MR) is 103 cm³/mol. The number of rotatable bonds is 3. The summed E-state index contributed by atoms with van der Waals surface area (Å²) in [5, 5.41) is 8.42. The fourth-order valence-corrected chi connectivity index (χ4v) is 3.65. The topological polar surface area (TPSA) is 39.1 Å². The molecule has 0 bridgehead atoms. The van der Waals surface area contributed by atoms with Gasteiger partial charge in [0, 0.05) is 22.7 Å². The van der Waals surface area contributed by atoms with Crippen LogP contribution in [0.3, 0.4) is 0 Å². The number of methoxy groups -OCH3 is 1. The first-order valence-corrected chi connectivity index (χ1v) is 9.12. The Morgan fingerprint density at radius 1 is 1.14 bits per heavy atom. The summed E-state index contributed by atoms with van der Waals surface area (Å²) < 4.78 is 46.4. The molecule has 1 N–H and O–H groups in total. The van der Waals surface area contributed by atoms with Crippen LogP contribution in [0.15, 0.2) is 36.4 Å². The monoisotopic (exact) mass is 427 g/mol. The summed E-state index contributed by atoms with van der Waals surface area (Å²) in [4.78, 5) is 0. The maximum absolute atomic E-state index is 13.2. The highest BCUT2D eigenvalue weighted by atomic mass is 35.5. The van der Waals surface area contributed by atoms with Crippen molar-refractivity contribution in [2.75, 3.05) is 19.0 Å². The molecule has 0 unspecified atom stereocenters. The van der Waals surface area contributed by atoms with E-state index in [0.717, 1.165) is 17.7 Å². The standard InChI is InChI=1S/C19H14Cl2F3N3O/c1-28-16-5-3-11(20)9-13(16)17-12-6-7-25-18(12)27(26-17)15-8-10(19(22,23)24)2-4-14(15)21/h2-5,8-9,25H,6-7H2,1H3. The molecule has 28 heavy (non-hydrogen) atoms. The molecule has 3 aromatic rings. The summed E-state index contributed by atoms with van der Waals surface area (Å²) in [5.74, 6) is 1.18. The van der Waals surface area contributed by atoms with Gasteiger partial charge >= 0.3 is 6.18 Å². The van der Waals surface area contributed by atoms with Crippen LogP contribution in [0, 0.1) is 0 Å². The molecule has 146 valence electrons. The summed E-state index contributed by atoms with van der Waals surface area (Å²) in [6.45, 7) is 0.639. The Balaban J connectivity index is 1.93. The second-order valence-corrected chi connectivity index (χ2v) is 7.12. The van der Waals surface area contributed by atoms with Crippen LogP contribution in [0.1, 0.15) is 11.1 Å². The van der Waals surface area contributed by atoms with Crippen LogP contribution in [0.25, 0.3) is 16.9 Å². The number of anilines is 1. The highest BCUT2D eigenvalue weighted by molar-refractivity contribution is 6.32. The van der Waals surface area contributed by atoms with E-state index in [-0.39, 0.29) is 10.7 Å². The number of nitrogens with zero attached hydrogens (tertiary/aromatic N) is 2. The van der Waals surface area contributed by atoms with Gasteiger partial charge in [-0.3, -0.25) is 0 Å². The number of halogens is 5. The Bertz CT molecular complexity index is 1060. The Labute approximate surface area is 168 Å². The van der Waals surface area contributed by atoms with Gasteiger partial charge in [0.15, 0.2) is 0 Å². The van der Waals surface area contributed by atoms with Crippen LogP contribution in [0.4, 0.5) is 19.0 Å². The van der Waals surface area contributed by atoms with Crippen molar-refractivity contribution in [3.8, 4) is 22.7 Å². The van der Waals surface area contributed by atoms with Gasteiger partial charge in [0.05, 0.1) is 23.4 Å². The van der Waals surface area contributed by atoms with E-state index in [0.29, 0.717) is 40.8 Å². The van der Waals surface area contributed by atoms with E-state index in [4.69, 9.17) is 27.9 Å². The molecule has 1 aliphatic rings. The summed E-state index contributed by atoms with van der Waals surface area (Å²) in [6.07, 6.45) is -3.82. The van der Waals surface area contributed by atoms with Gasteiger partial charge in [-0.1, -0.05) is 23.2 Å². The van der Waals surface area contributed by atoms with Crippen LogP contribution in [-0.2, 0) is 12.6 Å². The van der Waals surface area contributed by atoms with Gasteiger partial charge in [-0.05, 0) is 42.8 Å². The predicted octanol–water partition coefficient (Wildman–Crippen LogP) is 5.84. The molecule has 0 radical (unpaired) electrons. The van der Waals surface area contributed by atoms with Crippen molar-refractivity contribution < 1.29 is 17.9 Å². The fourth-order valence-electron chi connectivity index (χ4n) is 3.28. The number of aromatic nitrogens is 2. The Kier molecular flexibility index (Phi) is 4.67. The van der Waals surface area contributed by atoms with E-state index in [2.05, 4.69) is 10.4 Å². The van der Waals surface area contributed by atoms with Gasteiger partial charge in [-0.25, -0.2) is 4.68 Å². The molecule has 2 aromatic carbocycles. The number of fused-ring (bicyclic) bond motifs is 1.